The summed E-state index contributed by atoms with van der Waals surface area (Å²) in [6.07, 6.45) is -3.62. The number of halogens is 6. The molecule has 36 heavy (non-hydrogen) atoms. The van der Waals surface area contributed by atoms with Crippen molar-refractivity contribution in [1.82, 2.24) is 0 Å². The van der Waals surface area contributed by atoms with E-state index < -0.39 is 34.0 Å². The van der Waals surface area contributed by atoms with Crippen molar-refractivity contribution < 1.29 is 27.6 Å². The first-order valence-electron chi connectivity index (χ1n) is 9.60. The Morgan fingerprint density at radius 3 is 2.31 bits per heavy atom. The van der Waals surface area contributed by atoms with Crippen LogP contribution in [0, 0.1) is 21.4 Å². The van der Waals surface area contributed by atoms with Crippen molar-refractivity contribution >= 4 is 58.2 Å². The first-order chi connectivity index (χ1) is 16.9. The minimum Gasteiger partial charge on any atom is -0.447 e. The van der Waals surface area contributed by atoms with Gasteiger partial charge in [0.2, 0.25) is 5.75 Å². The van der Waals surface area contributed by atoms with Crippen molar-refractivity contribution in [2.24, 2.45) is 0 Å². The number of ether oxygens (including phenoxy) is 1. The quantitative estimate of drug-likeness (QED) is 0.144. The second kappa shape index (κ2) is 10.9. The maximum atomic E-state index is 12.9. The second-order valence-electron chi connectivity index (χ2n) is 6.99. The molecule has 0 unspecified atom stereocenters. The summed E-state index contributed by atoms with van der Waals surface area (Å²) in [6, 6.07) is 12.2. The number of nitro benzene ring substituents is 1. The maximum Gasteiger partial charge on any atom is 0.416 e. The van der Waals surface area contributed by atoms with E-state index in [-0.39, 0.29) is 26.9 Å². The Kier molecular flexibility index (Phi) is 8.10. The lowest BCUT2D eigenvalue weighted by molar-refractivity contribution is -0.385. The Balaban J connectivity index is 1.91. The highest BCUT2D eigenvalue weighted by Crippen LogP contribution is 2.42. The molecule has 3 aromatic carbocycles. The van der Waals surface area contributed by atoms with E-state index in [1.54, 1.807) is 24.3 Å². The number of hydrogen-bond acceptors (Lipinski definition) is 5. The average molecular weight is 557 g/mol. The maximum absolute atomic E-state index is 12.9. The third-order valence-corrected chi connectivity index (χ3v) is 5.27. The fraction of sp³-hybridized carbons (Fsp3) is 0.0435. The highest BCUT2D eigenvalue weighted by molar-refractivity contribution is 6.37. The first-order valence-corrected chi connectivity index (χ1v) is 10.7. The number of nitrogens with zero attached hydrogens (tertiary/aromatic N) is 2. The minimum absolute atomic E-state index is 0.185. The number of nitro groups is 1. The molecule has 0 fully saturated rings. The topological polar surface area (TPSA) is 105 Å². The van der Waals surface area contributed by atoms with Gasteiger partial charge in [0.05, 0.1) is 20.5 Å². The van der Waals surface area contributed by atoms with Gasteiger partial charge in [-0.2, -0.15) is 18.4 Å². The van der Waals surface area contributed by atoms with Crippen molar-refractivity contribution in [3.8, 4) is 17.6 Å². The second-order valence-corrected chi connectivity index (χ2v) is 8.24. The molecule has 0 radical (unpaired) electrons. The highest BCUT2D eigenvalue weighted by atomic mass is 35.5. The van der Waals surface area contributed by atoms with E-state index in [0.717, 1.165) is 6.07 Å². The number of nitriles is 1. The van der Waals surface area contributed by atoms with Crippen LogP contribution < -0.4 is 10.1 Å². The van der Waals surface area contributed by atoms with Crippen molar-refractivity contribution in [1.29, 1.82) is 5.26 Å². The van der Waals surface area contributed by atoms with Crippen LogP contribution in [0.4, 0.5) is 24.5 Å². The number of nitrogens with one attached hydrogen (secondary N) is 1. The number of rotatable bonds is 6. The van der Waals surface area contributed by atoms with E-state index >= 15 is 0 Å². The molecule has 0 aromatic heterocycles. The largest absolute Gasteiger partial charge is 0.447 e. The summed E-state index contributed by atoms with van der Waals surface area (Å²) in [6.45, 7) is 0. The molecule has 0 spiro atoms. The van der Waals surface area contributed by atoms with Gasteiger partial charge < -0.3 is 10.1 Å². The molecule has 3 rings (SSSR count). The SMILES string of the molecule is N#C/C(=C\c1cc(Cl)c(Oc2ccc(C(F)(F)F)cc2[N+](=O)[O-])c(Cl)c1)C(=O)Nc1cccc(Cl)c1. The molecule has 0 heterocycles. The van der Waals surface area contributed by atoms with Gasteiger partial charge in [-0.3, -0.25) is 14.9 Å². The van der Waals surface area contributed by atoms with Gasteiger partial charge >= 0.3 is 11.9 Å². The monoisotopic (exact) mass is 555 g/mol. The Morgan fingerprint density at radius 1 is 1.08 bits per heavy atom. The summed E-state index contributed by atoms with van der Waals surface area (Å²) in [5.74, 6) is -1.55. The summed E-state index contributed by atoms with van der Waals surface area (Å²) in [5, 5.41) is 23.2. The van der Waals surface area contributed by atoms with E-state index in [2.05, 4.69) is 5.32 Å². The normalized spacial score (nSPS) is 11.5. The lowest BCUT2D eigenvalue weighted by Crippen LogP contribution is -2.13. The molecule has 13 heteroatoms. The van der Waals surface area contributed by atoms with E-state index in [1.807, 2.05) is 0 Å². The molecule has 0 saturated heterocycles. The van der Waals surface area contributed by atoms with Gasteiger partial charge in [-0.05, 0) is 54.1 Å². The number of carbonyl (C=O) groups excluding carboxylic acids is 1. The third-order valence-electron chi connectivity index (χ3n) is 4.47. The summed E-state index contributed by atoms with van der Waals surface area (Å²) in [5.41, 5.74) is -1.94. The van der Waals surface area contributed by atoms with Crippen molar-refractivity contribution in [2.45, 2.75) is 6.18 Å². The Labute approximate surface area is 216 Å². The number of carbonyl (C=O) groups is 1. The lowest BCUT2D eigenvalue weighted by atomic mass is 10.1. The van der Waals surface area contributed by atoms with Gasteiger partial charge in [0.1, 0.15) is 11.6 Å². The number of alkyl halides is 3. The molecule has 1 amide bonds. The smallest absolute Gasteiger partial charge is 0.416 e. The van der Waals surface area contributed by atoms with Gasteiger partial charge in [0.25, 0.3) is 5.91 Å². The molecule has 0 bridgehead atoms. The van der Waals surface area contributed by atoms with Crippen LogP contribution >= 0.6 is 34.8 Å². The fourth-order valence-electron chi connectivity index (χ4n) is 2.87. The number of hydrogen-bond donors (Lipinski definition) is 1. The van der Waals surface area contributed by atoms with Crippen LogP contribution in [0.3, 0.4) is 0 Å². The number of anilines is 1. The molecule has 0 atom stereocenters. The van der Waals surface area contributed by atoms with E-state index in [0.29, 0.717) is 22.8 Å². The molecular weight excluding hydrogens is 546 g/mol. The molecule has 0 aliphatic carbocycles. The number of amides is 1. The summed E-state index contributed by atoms with van der Waals surface area (Å²) < 4.78 is 44.1. The van der Waals surface area contributed by atoms with Crippen LogP contribution in [0.15, 0.2) is 60.2 Å². The molecule has 7 nitrogen and oxygen atoms in total. The molecular formula is C23H11Cl3F3N3O4. The zero-order chi connectivity index (χ0) is 26.6. The van der Waals surface area contributed by atoms with Crippen molar-refractivity contribution in [3.63, 3.8) is 0 Å². The Bertz CT molecular complexity index is 1410. The lowest BCUT2D eigenvalue weighted by Gasteiger charge is -2.12. The van der Waals surface area contributed by atoms with Crippen molar-refractivity contribution in [3.05, 3.63) is 96.5 Å². The van der Waals surface area contributed by atoms with Gasteiger partial charge in [-0.1, -0.05) is 40.9 Å². The van der Waals surface area contributed by atoms with Gasteiger partial charge in [-0.15, -0.1) is 0 Å². The minimum atomic E-state index is -4.80. The fourth-order valence-corrected chi connectivity index (χ4v) is 3.64. The van der Waals surface area contributed by atoms with Crippen LogP contribution in [0.5, 0.6) is 11.5 Å². The molecule has 0 saturated carbocycles. The first kappa shape index (κ1) is 26.8. The predicted molar refractivity (Wildman–Crippen MR) is 128 cm³/mol. The van der Waals surface area contributed by atoms with Gasteiger partial charge in [0.15, 0.2) is 5.75 Å². The zero-order valence-electron chi connectivity index (χ0n) is 17.6. The van der Waals surface area contributed by atoms with Crippen LogP contribution in [-0.4, -0.2) is 10.8 Å². The van der Waals surface area contributed by atoms with Crippen LogP contribution in [0.1, 0.15) is 11.1 Å². The number of benzene rings is 3. The third kappa shape index (κ3) is 6.46. The predicted octanol–water partition coefficient (Wildman–Crippen LogP) is 7.91. The van der Waals surface area contributed by atoms with Gasteiger partial charge in [-0.25, -0.2) is 0 Å². The van der Waals surface area contributed by atoms with E-state index in [9.17, 15) is 33.3 Å². The molecule has 1 N–H and O–H groups in total. The summed E-state index contributed by atoms with van der Waals surface area (Å²) in [4.78, 5) is 22.7. The molecule has 3 aromatic rings. The zero-order valence-corrected chi connectivity index (χ0v) is 19.8. The van der Waals surface area contributed by atoms with Crippen LogP contribution in [-0.2, 0) is 11.0 Å². The van der Waals surface area contributed by atoms with E-state index in [4.69, 9.17) is 39.5 Å². The van der Waals surface area contributed by atoms with Crippen LogP contribution in [0.25, 0.3) is 6.08 Å². The summed E-state index contributed by atoms with van der Waals surface area (Å²) >= 11 is 18.2. The molecule has 184 valence electrons. The van der Waals surface area contributed by atoms with E-state index in [1.165, 1.54) is 24.3 Å². The standard InChI is InChI=1S/C23H11Cl3F3N3O4/c24-15-2-1-3-16(10-15)31-22(33)13(11-30)6-12-7-17(25)21(18(26)8-12)36-20-5-4-14(23(27,28)29)9-19(20)32(34)35/h1-10H,(H,31,33)/b13-6+. The van der Waals surface area contributed by atoms with Gasteiger partial charge in [0, 0.05) is 16.8 Å². The average Bonchev–Trinajstić information content (AvgIpc) is 2.79. The Hall–Kier alpha value is -3.78. The molecule has 0 aliphatic rings. The highest BCUT2D eigenvalue weighted by Gasteiger charge is 2.33. The molecule has 0 aliphatic heterocycles. The Morgan fingerprint density at radius 2 is 1.75 bits per heavy atom. The summed E-state index contributed by atoms with van der Waals surface area (Å²) in [7, 11) is 0. The van der Waals surface area contributed by atoms with Crippen LogP contribution in [0.2, 0.25) is 15.1 Å². The van der Waals surface area contributed by atoms with Crippen molar-refractivity contribution in [2.75, 3.05) is 5.32 Å².